The summed E-state index contributed by atoms with van der Waals surface area (Å²) in [5.41, 5.74) is -0.430. The average Bonchev–Trinajstić information content (AvgIpc) is 3.25. The molecule has 1 aromatic carbocycles. The van der Waals surface area contributed by atoms with Crippen LogP contribution in [0.4, 0.5) is 13.2 Å². The highest BCUT2D eigenvalue weighted by Crippen LogP contribution is 2.30. The van der Waals surface area contributed by atoms with Crippen molar-refractivity contribution in [3.63, 3.8) is 0 Å². The largest absolute Gasteiger partial charge is 0.416 e. The van der Waals surface area contributed by atoms with E-state index < -0.39 is 39.1 Å². The van der Waals surface area contributed by atoms with Crippen molar-refractivity contribution >= 4 is 15.9 Å². The van der Waals surface area contributed by atoms with Gasteiger partial charge in [0.05, 0.1) is 17.0 Å². The Morgan fingerprint density at radius 1 is 1.13 bits per heavy atom. The van der Waals surface area contributed by atoms with Gasteiger partial charge in [-0.1, -0.05) is 12.1 Å². The zero-order chi connectivity index (χ0) is 21.8. The first-order valence-electron chi connectivity index (χ1n) is 8.54. The summed E-state index contributed by atoms with van der Waals surface area (Å²) in [6.45, 7) is -0.534. The summed E-state index contributed by atoms with van der Waals surface area (Å²) in [5, 5.41) is 6.54. The highest BCUT2D eigenvalue weighted by Gasteiger charge is 2.31. The Morgan fingerprint density at radius 3 is 2.57 bits per heavy atom. The summed E-state index contributed by atoms with van der Waals surface area (Å²) in [7, 11) is -4.28. The molecule has 0 radical (unpaired) electrons. The summed E-state index contributed by atoms with van der Waals surface area (Å²) in [5.74, 6) is -0.0642. The zero-order valence-electron chi connectivity index (χ0n) is 15.3. The van der Waals surface area contributed by atoms with Crippen molar-refractivity contribution < 1.29 is 26.4 Å². The predicted octanol–water partition coefficient (Wildman–Crippen LogP) is 1.88. The smallest absolute Gasteiger partial charge is 0.351 e. The van der Waals surface area contributed by atoms with Crippen molar-refractivity contribution in [1.29, 1.82) is 0 Å². The van der Waals surface area contributed by atoms with Crippen LogP contribution in [0.15, 0.2) is 66.0 Å². The first-order valence-corrected chi connectivity index (χ1v) is 10.0. The molecule has 2 N–H and O–H groups in total. The maximum Gasteiger partial charge on any atom is 0.416 e. The number of hydrogen-bond donors (Lipinski definition) is 2. The number of aromatic nitrogens is 3. The minimum atomic E-state index is -4.68. The average molecular weight is 439 g/mol. The van der Waals surface area contributed by atoms with Crippen LogP contribution in [0.5, 0.6) is 0 Å². The quantitative estimate of drug-likeness (QED) is 0.585. The number of pyridine rings is 1. The molecule has 0 bridgehead atoms. The lowest BCUT2D eigenvalue weighted by atomic mass is 10.2. The zero-order valence-corrected chi connectivity index (χ0v) is 16.1. The number of carbonyl (C=O) groups excluding carboxylic acids is 1. The molecule has 30 heavy (non-hydrogen) atoms. The summed E-state index contributed by atoms with van der Waals surface area (Å²) < 4.78 is 66.1. The number of alkyl halides is 3. The third kappa shape index (κ3) is 5.42. The number of amides is 1. The van der Waals surface area contributed by atoms with Crippen molar-refractivity contribution in [3.05, 3.63) is 72.2 Å². The molecular formula is C18H16F3N5O3S. The molecule has 0 aliphatic rings. The molecule has 2 heterocycles. The van der Waals surface area contributed by atoms with Crippen LogP contribution < -0.4 is 10.0 Å². The van der Waals surface area contributed by atoms with Gasteiger partial charge in [0.1, 0.15) is 0 Å². The number of hydrogen-bond acceptors (Lipinski definition) is 5. The van der Waals surface area contributed by atoms with Crippen molar-refractivity contribution in [1.82, 2.24) is 24.8 Å². The number of rotatable bonds is 7. The van der Waals surface area contributed by atoms with Crippen molar-refractivity contribution in [2.45, 2.75) is 17.6 Å². The Bertz CT molecular complexity index is 1110. The molecule has 0 aliphatic heterocycles. The molecule has 0 fully saturated rings. The number of benzene rings is 1. The number of nitrogens with zero attached hydrogens (tertiary/aromatic N) is 3. The van der Waals surface area contributed by atoms with Crippen LogP contribution in [0, 0.1) is 0 Å². The molecule has 0 unspecified atom stereocenters. The van der Waals surface area contributed by atoms with E-state index in [2.05, 4.69) is 15.4 Å². The van der Waals surface area contributed by atoms with Crippen LogP contribution >= 0.6 is 0 Å². The van der Waals surface area contributed by atoms with Gasteiger partial charge in [-0.25, -0.2) is 22.8 Å². The van der Waals surface area contributed by atoms with Crippen LogP contribution in [0.1, 0.15) is 11.1 Å². The molecule has 1 amide bonds. The highest BCUT2D eigenvalue weighted by molar-refractivity contribution is 7.89. The van der Waals surface area contributed by atoms with Crippen LogP contribution in [-0.4, -0.2) is 35.6 Å². The van der Waals surface area contributed by atoms with E-state index in [-0.39, 0.29) is 6.54 Å². The minimum Gasteiger partial charge on any atom is -0.351 e. The van der Waals surface area contributed by atoms with Crippen molar-refractivity contribution in [2.75, 3.05) is 6.54 Å². The van der Waals surface area contributed by atoms with Gasteiger partial charge in [-0.05, 0) is 35.9 Å². The number of sulfonamides is 1. The molecule has 3 aromatic rings. The summed E-state index contributed by atoms with van der Waals surface area (Å²) in [6.07, 6.45) is 0.185. The van der Waals surface area contributed by atoms with Gasteiger partial charge < -0.3 is 5.32 Å². The highest BCUT2D eigenvalue weighted by atomic mass is 32.2. The molecule has 0 atom stereocenters. The molecule has 2 aromatic heterocycles. The molecule has 0 saturated carbocycles. The van der Waals surface area contributed by atoms with Crippen LogP contribution in [0.2, 0.25) is 0 Å². The lowest BCUT2D eigenvalue weighted by molar-refractivity contribution is -0.137. The number of nitrogens with one attached hydrogen (secondary N) is 2. The van der Waals surface area contributed by atoms with Gasteiger partial charge in [-0.2, -0.15) is 18.3 Å². The first-order chi connectivity index (χ1) is 14.1. The molecule has 0 spiro atoms. The van der Waals surface area contributed by atoms with E-state index in [9.17, 15) is 26.4 Å². The third-order valence-corrected chi connectivity index (χ3v) is 5.33. The standard InChI is InChI=1S/C18H16F3N5O3S/c19-18(20,21)14-3-1-4-15(9-14)30(28,29)25-12-17(27)23-11-13-5-6-16(22-10-13)26-8-2-7-24-26/h1-10,25H,11-12H2,(H,23,27). The minimum absolute atomic E-state index is 0.0938. The van der Waals surface area contributed by atoms with Gasteiger partial charge in [0.15, 0.2) is 5.82 Å². The predicted molar refractivity (Wildman–Crippen MR) is 99.8 cm³/mol. The van der Waals surface area contributed by atoms with Gasteiger partial charge in [0, 0.05) is 25.1 Å². The summed E-state index contributed by atoms with van der Waals surface area (Å²) in [6, 6.07) is 8.43. The monoisotopic (exact) mass is 439 g/mol. The molecular weight excluding hydrogens is 423 g/mol. The van der Waals surface area contributed by atoms with Crippen LogP contribution in [-0.2, 0) is 27.5 Å². The number of halogens is 3. The molecule has 12 heteroatoms. The van der Waals surface area contributed by atoms with Gasteiger partial charge >= 0.3 is 6.18 Å². The first kappa shape index (κ1) is 21.5. The van der Waals surface area contributed by atoms with E-state index in [1.165, 1.54) is 6.20 Å². The lowest BCUT2D eigenvalue weighted by Crippen LogP contribution is -2.36. The Labute approximate surface area is 169 Å². The van der Waals surface area contributed by atoms with E-state index in [4.69, 9.17) is 0 Å². The van der Waals surface area contributed by atoms with Crippen LogP contribution in [0.3, 0.4) is 0 Å². The fourth-order valence-electron chi connectivity index (χ4n) is 2.41. The van der Waals surface area contributed by atoms with E-state index in [0.29, 0.717) is 17.4 Å². The summed E-state index contributed by atoms with van der Waals surface area (Å²) in [4.78, 5) is 15.5. The Balaban J connectivity index is 1.54. The van der Waals surface area contributed by atoms with E-state index in [0.717, 1.165) is 18.2 Å². The molecule has 3 rings (SSSR count). The van der Waals surface area contributed by atoms with Crippen LogP contribution in [0.25, 0.3) is 5.82 Å². The molecule has 0 saturated heterocycles. The lowest BCUT2D eigenvalue weighted by Gasteiger charge is -2.10. The van der Waals surface area contributed by atoms with Crippen molar-refractivity contribution in [3.8, 4) is 5.82 Å². The maximum absolute atomic E-state index is 12.7. The SMILES string of the molecule is O=C(CNS(=O)(=O)c1cccc(C(F)(F)F)c1)NCc1ccc(-n2cccn2)nc1. The van der Waals surface area contributed by atoms with E-state index in [1.54, 1.807) is 35.3 Å². The van der Waals surface area contributed by atoms with Gasteiger partial charge in [-0.3, -0.25) is 4.79 Å². The Kier molecular flexibility index (Phi) is 6.17. The van der Waals surface area contributed by atoms with E-state index >= 15 is 0 Å². The number of carbonyl (C=O) groups is 1. The second-order valence-electron chi connectivity index (χ2n) is 6.10. The maximum atomic E-state index is 12.7. The second-order valence-corrected chi connectivity index (χ2v) is 7.87. The molecule has 8 nitrogen and oxygen atoms in total. The third-order valence-electron chi connectivity index (χ3n) is 3.93. The van der Waals surface area contributed by atoms with E-state index in [1.807, 2.05) is 4.72 Å². The Morgan fingerprint density at radius 2 is 1.93 bits per heavy atom. The van der Waals surface area contributed by atoms with Gasteiger partial charge in [0.2, 0.25) is 15.9 Å². The molecule has 0 aliphatic carbocycles. The van der Waals surface area contributed by atoms with Crippen molar-refractivity contribution in [2.24, 2.45) is 0 Å². The second kappa shape index (κ2) is 8.63. The van der Waals surface area contributed by atoms with Gasteiger partial charge in [-0.15, -0.1) is 0 Å². The molecule has 158 valence electrons. The normalized spacial score (nSPS) is 12.0. The fourth-order valence-corrected chi connectivity index (χ4v) is 3.44. The topological polar surface area (TPSA) is 106 Å². The fraction of sp³-hybridized carbons (Fsp3) is 0.167. The Hall–Kier alpha value is -3.25. The van der Waals surface area contributed by atoms with Gasteiger partial charge in [0.25, 0.3) is 0 Å². The summed E-state index contributed by atoms with van der Waals surface area (Å²) >= 11 is 0.